The summed E-state index contributed by atoms with van der Waals surface area (Å²) in [5.74, 6) is 2.04. The van der Waals surface area contributed by atoms with Gasteiger partial charge >= 0.3 is 0 Å². The van der Waals surface area contributed by atoms with Crippen molar-refractivity contribution < 1.29 is 13.7 Å². The molecule has 2 unspecified atom stereocenters. The first-order valence-electron chi connectivity index (χ1n) is 7.09. The van der Waals surface area contributed by atoms with Crippen LogP contribution in [-0.4, -0.2) is 46.7 Å². The Hall–Kier alpha value is -1.40. The van der Waals surface area contributed by atoms with Crippen LogP contribution in [-0.2, 0) is 15.6 Å². The lowest BCUT2D eigenvalue weighted by atomic mass is 10.1. The number of benzene rings is 1. The molecule has 0 aromatic heterocycles. The van der Waals surface area contributed by atoms with E-state index in [1.54, 1.807) is 12.0 Å². The third-order valence-corrected chi connectivity index (χ3v) is 4.98. The van der Waals surface area contributed by atoms with E-state index in [0.717, 1.165) is 16.9 Å². The van der Waals surface area contributed by atoms with E-state index < -0.39 is 10.8 Å². The molecule has 0 radical (unpaired) electrons. The quantitative estimate of drug-likeness (QED) is 0.858. The van der Waals surface area contributed by atoms with Gasteiger partial charge in [-0.05, 0) is 30.2 Å². The smallest absolute Gasteiger partial charge is 0.238 e. The molecular formula is C15H22N2O3S. The Morgan fingerprint density at radius 3 is 2.86 bits per heavy atom. The van der Waals surface area contributed by atoms with Gasteiger partial charge in [-0.1, -0.05) is 13.0 Å². The van der Waals surface area contributed by atoms with E-state index in [4.69, 9.17) is 4.74 Å². The first-order valence-corrected chi connectivity index (χ1v) is 8.58. The fraction of sp³-hybridized carbons (Fsp3) is 0.533. The molecule has 1 N–H and O–H groups in total. The van der Waals surface area contributed by atoms with Crippen LogP contribution in [0.1, 0.15) is 24.2 Å². The largest absolute Gasteiger partial charge is 0.496 e. The Morgan fingerprint density at radius 1 is 1.48 bits per heavy atom. The first-order chi connectivity index (χ1) is 10.1. The third-order valence-electron chi connectivity index (χ3n) is 3.70. The average Bonchev–Trinajstić information content (AvgIpc) is 2.85. The normalized spacial score (nSPS) is 19.9. The highest BCUT2D eigenvalue weighted by Gasteiger charge is 2.31. The second-order valence-electron chi connectivity index (χ2n) is 5.03. The standard InChI is InChI=1S/C15H22N2O3S/c1-4-21(19)8-7-17-14(18)10-16-15(17)12-5-6-13(20-3)11(2)9-12/h5-6,9,15-16H,4,7-8,10H2,1-3H3. The summed E-state index contributed by atoms with van der Waals surface area (Å²) in [5, 5.41) is 3.22. The molecule has 21 heavy (non-hydrogen) atoms. The molecular weight excluding hydrogens is 288 g/mol. The average molecular weight is 310 g/mol. The molecule has 2 atom stereocenters. The Morgan fingerprint density at radius 2 is 2.24 bits per heavy atom. The Bertz CT molecular complexity index is 548. The van der Waals surface area contributed by atoms with Gasteiger partial charge in [0.1, 0.15) is 11.9 Å². The van der Waals surface area contributed by atoms with Crippen LogP contribution in [0, 0.1) is 6.92 Å². The molecule has 1 aromatic carbocycles. The predicted octanol–water partition coefficient (Wildman–Crippen LogP) is 1.20. The molecule has 1 saturated heterocycles. The minimum atomic E-state index is -0.860. The van der Waals surface area contributed by atoms with E-state index in [-0.39, 0.29) is 12.1 Å². The zero-order valence-corrected chi connectivity index (χ0v) is 13.5. The monoisotopic (exact) mass is 310 g/mol. The van der Waals surface area contributed by atoms with Gasteiger partial charge in [-0.25, -0.2) is 0 Å². The molecule has 0 bridgehead atoms. The van der Waals surface area contributed by atoms with E-state index in [2.05, 4.69) is 5.32 Å². The van der Waals surface area contributed by atoms with Gasteiger partial charge in [-0.3, -0.25) is 14.3 Å². The topological polar surface area (TPSA) is 58.6 Å². The Balaban J connectivity index is 2.15. The second-order valence-corrected chi connectivity index (χ2v) is 6.90. The molecule has 1 aromatic rings. The van der Waals surface area contributed by atoms with Crippen LogP contribution in [0.2, 0.25) is 0 Å². The molecule has 0 spiro atoms. The summed E-state index contributed by atoms with van der Waals surface area (Å²) < 4.78 is 16.9. The fourth-order valence-electron chi connectivity index (χ4n) is 2.51. The van der Waals surface area contributed by atoms with Gasteiger partial charge in [0.2, 0.25) is 5.91 Å². The zero-order valence-electron chi connectivity index (χ0n) is 12.7. The number of carbonyl (C=O) groups excluding carboxylic acids is 1. The van der Waals surface area contributed by atoms with Gasteiger partial charge in [-0.15, -0.1) is 0 Å². The highest BCUT2D eigenvalue weighted by atomic mass is 32.2. The van der Waals surface area contributed by atoms with Crippen LogP contribution in [0.4, 0.5) is 0 Å². The van der Waals surface area contributed by atoms with Crippen molar-refractivity contribution in [3.8, 4) is 5.75 Å². The summed E-state index contributed by atoms with van der Waals surface area (Å²) in [6.45, 7) is 4.72. The minimum absolute atomic E-state index is 0.0570. The maximum atomic E-state index is 12.0. The fourth-order valence-corrected chi connectivity index (χ4v) is 3.20. The van der Waals surface area contributed by atoms with Gasteiger partial charge in [0.25, 0.3) is 0 Å². The van der Waals surface area contributed by atoms with Crippen molar-refractivity contribution in [2.75, 3.05) is 31.7 Å². The van der Waals surface area contributed by atoms with Crippen LogP contribution in [0.25, 0.3) is 0 Å². The van der Waals surface area contributed by atoms with E-state index in [1.807, 2.05) is 32.0 Å². The van der Waals surface area contributed by atoms with Crippen molar-refractivity contribution in [2.45, 2.75) is 20.0 Å². The SMILES string of the molecule is CCS(=O)CCN1C(=O)CNC1c1ccc(OC)c(C)c1. The van der Waals surface area contributed by atoms with Gasteiger partial charge in [0, 0.05) is 28.9 Å². The zero-order chi connectivity index (χ0) is 15.4. The highest BCUT2D eigenvalue weighted by Crippen LogP contribution is 2.26. The van der Waals surface area contributed by atoms with Crippen molar-refractivity contribution >= 4 is 16.7 Å². The van der Waals surface area contributed by atoms with Gasteiger partial charge < -0.3 is 9.64 Å². The summed E-state index contributed by atoms with van der Waals surface area (Å²) in [6, 6.07) is 5.91. The van der Waals surface area contributed by atoms with Crippen molar-refractivity contribution in [1.82, 2.24) is 10.2 Å². The Kier molecular flexibility index (Phi) is 5.36. The lowest BCUT2D eigenvalue weighted by Gasteiger charge is -2.25. The summed E-state index contributed by atoms with van der Waals surface area (Å²) in [6.07, 6.45) is -0.143. The summed E-state index contributed by atoms with van der Waals surface area (Å²) in [5.41, 5.74) is 2.06. The lowest BCUT2D eigenvalue weighted by molar-refractivity contribution is -0.127. The number of hydrogen-bond donors (Lipinski definition) is 1. The molecule has 1 amide bonds. The highest BCUT2D eigenvalue weighted by molar-refractivity contribution is 7.84. The van der Waals surface area contributed by atoms with Gasteiger partial charge in [0.05, 0.1) is 13.7 Å². The van der Waals surface area contributed by atoms with Crippen molar-refractivity contribution in [1.29, 1.82) is 0 Å². The molecule has 1 fully saturated rings. The molecule has 0 aliphatic carbocycles. The van der Waals surface area contributed by atoms with Crippen LogP contribution >= 0.6 is 0 Å². The number of ether oxygens (including phenoxy) is 1. The summed E-state index contributed by atoms with van der Waals surface area (Å²) in [7, 11) is 0.784. The lowest BCUT2D eigenvalue weighted by Crippen LogP contribution is -2.33. The van der Waals surface area contributed by atoms with Crippen LogP contribution < -0.4 is 10.1 Å². The molecule has 5 nitrogen and oxygen atoms in total. The van der Waals surface area contributed by atoms with Crippen molar-refractivity contribution in [3.05, 3.63) is 29.3 Å². The summed E-state index contributed by atoms with van der Waals surface area (Å²) in [4.78, 5) is 13.8. The number of hydrogen-bond acceptors (Lipinski definition) is 4. The first kappa shape index (κ1) is 16.0. The van der Waals surface area contributed by atoms with Crippen LogP contribution in [0.15, 0.2) is 18.2 Å². The van der Waals surface area contributed by atoms with E-state index >= 15 is 0 Å². The van der Waals surface area contributed by atoms with Crippen molar-refractivity contribution in [2.24, 2.45) is 0 Å². The Labute approximate surface area is 128 Å². The molecule has 6 heteroatoms. The molecule has 2 rings (SSSR count). The maximum Gasteiger partial charge on any atom is 0.238 e. The van der Waals surface area contributed by atoms with Crippen LogP contribution in [0.5, 0.6) is 5.75 Å². The number of amides is 1. The van der Waals surface area contributed by atoms with E-state index in [9.17, 15) is 9.00 Å². The minimum Gasteiger partial charge on any atom is -0.496 e. The third kappa shape index (κ3) is 3.63. The van der Waals surface area contributed by atoms with E-state index in [0.29, 0.717) is 24.6 Å². The summed E-state index contributed by atoms with van der Waals surface area (Å²) >= 11 is 0. The second kappa shape index (κ2) is 7.04. The molecule has 116 valence electrons. The number of nitrogens with one attached hydrogen (secondary N) is 1. The van der Waals surface area contributed by atoms with Gasteiger partial charge in [0.15, 0.2) is 0 Å². The number of aryl methyl sites for hydroxylation is 1. The number of carbonyl (C=O) groups is 1. The maximum absolute atomic E-state index is 12.0. The number of rotatable bonds is 6. The van der Waals surface area contributed by atoms with E-state index in [1.165, 1.54) is 0 Å². The van der Waals surface area contributed by atoms with Crippen LogP contribution in [0.3, 0.4) is 0 Å². The molecule has 1 heterocycles. The molecule has 1 aliphatic rings. The predicted molar refractivity (Wildman–Crippen MR) is 83.7 cm³/mol. The number of methoxy groups -OCH3 is 1. The molecule has 0 saturated carbocycles. The van der Waals surface area contributed by atoms with Crippen molar-refractivity contribution in [3.63, 3.8) is 0 Å². The number of nitrogens with zero attached hydrogens (tertiary/aromatic N) is 1. The van der Waals surface area contributed by atoms with Gasteiger partial charge in [-0.2, -0.15) is 0 Å². The molecule has 1 aliphatic heterocycles.